The van der Waals surface area contributed by atoms with Gasteiger partial charge in [-0.15, -0.1) is 0 Å². The zero-order chi connectivity index (χ0) is 8.39. The lowest BCUT2D eigenvalue weighted by Crippen LogP contribution is -2.50. The fourth-order valence-electron chi connectivity index (χ4n) is 2.36. The quantitative estimate of drug-likeness (QED) is 0.572. The Hall–Kier alpha value is -0.120. The maximum Gasteiger partial charge on any atom is 0.0695 e. The summed E-state index contributed by atoms with van der Waals surface area (Å²) in [6.45, 7) is 4.40. The predicted molar refractivity (Wildman–Crippen MR) is 48.1 cm³/mol. The second-order valence-corrected chi connectivity index (χ2v) is 3.85. The number of aliphatic hydroxyl groups is 1. The molecule has 0 radical (unpaired) electrons. The van der Waals surface area contributed by atoms with E-state index in [2.05, 4.69) is 10.2 Å². The molecule has 0 bridgehead atoms. The van der Waals surface area contributed by atoms with Crippen LogP contribution in [0.2, 0.25) is 0 Å². The summed E-state index contributed by atoms with van der Waals surface area (Å²) in [7, 11) is 0. The molecule has 0 spiro atoms. The van der Waals surface area contributed by atoms with Crippen molar-refractivity contribution in [2.45, 2.75) is 31.4 Å². The van der Waals surface area contributed by atoms with Gasteiger partial charge in [0.1, 0.15) is 0 Å². The molecule has 0 aromatic heterocycles. The van der Waals surface area contributed by atoms with Crippen LogP contribution < -0.4 is 5.32 Å². The summed E-state index contributed by atoms with van der Waals surface area (Å²) >= 11 is 0. The van der Waals surface area contributed by atoms with Gasteiger partial charge >= 0.3 is 0 Å². The van der Waals surface area contributed by atoms with Crippen molar-refractivity contribution in [1.29, 1.82) is 0 Å². The summed E-state index contributed by atoms with van der Waals surface area (Å²) in [6.07, 6.45) is 3.36. The highest BCUT2D eigenvalue weighted by atomic mass is 16.3. The Balaban J connectivity index is 1.89. The van der Waals surface area contributed by atoms with Crippen molar-refractivity contribution in [3.63, 3.8) is 0 Å². The topological polar surface area (TPSA) is 35.5 Å². The van der Waals surface area contributed by atoms with Gasteiger partial charge in [0.2, 0.25) is 0 Å². The molecule has 3 nitrogen and oxygen atoms in total. The van der Waals surface area contributed by atoms with Crippen LogP contribution in [-0.4, -0.2) is 48.3 Å². The van der Waals surface area contributed by atoms with E-state index in [1.807, 2.05) is 0 Å². The van der Waals surface area contributed by atoms with Gasteiger partial charge in [0.25, 0.3) is 0 Å². The number of aliphatic hydroxyl groups excluding tert-OH is 1. The summed E-state index contributed by atoms with van der Waals surface area (Å²) in [5.74, 6) is 0. The highest BCUT2D eigenvalue weighted by molar-refractivity contribution is 4.86. The van der Waals surface area contributed by atoms with Gasteiger partial charge in [0.15, 0.2) is 0 Å². The van der Waals surface area contributed by atoms with E-state index in [0.717, 1.165) is 32.6 Å². The molecule has 0 aromatic carbocycles. The summed E-state index contributed by atoms with van der Waals surface area (Å²) in [5.41, 5.74) is 0. The minimum absolute atomic E-state index is 0.0527. The van der Waals surface area contributed by atoms with E-state index in [1.54, 1.807) is 0 Å². The minimum atomic E-state index is -0.0527. The maximum atomic E-state index is 9.68. The first kappa shape index (κ1) is 8.48. The Morgan fingerprint density at radius 2 is 1.92 bits per heavy atom. The lowest BCUT2D eigenvalue weighted by atomic mass is 10.1. The van der Waals surface area contributed by atoms with E-state index in [-0.39, 0.29) is 6.10 Å². The largest absolute Gasteiger partial charge is 0.391 e. The molecule has 1 heterocycles. The number of hydrogen-bond donors (Lipinski definition) is 2. The smallest absolute Gasteiger partial charge is 0.0695 e. The first-order valence-electron chi connectivity index (χ1n) is 5.01. The summed E-state index contributed by atoms with van der Waals surface area (Å²) in [5, 5.41) is 13.0. The van der Waals surface area contributed by atoms with E-state index < -0.39 is 0 Å². The molecule has 12 heavy (non-hydrogen) atoms. The third-order valence-corrected chi connectivity index (χ3v) is 3.06. The second kappa shape index (κ2) is 3.73. The fraction of sp³-hybridized carbons (Fsp3) is 1.00. The SMILES string of the molecule is O[C@H]1CCC[C@@H]1N1CCNCC1. The van der Waals surface area contributed by atoms with Crippen molar-refractivity contribution >= 4 is 0 Å². The average Bonchev–Trinajstić information content (AvgIpc) is 2.53. The molecule has 0 unspecified atom stereocenters. The Labute approximate surface area is 73.8 Å². The van der Waals surface area contributed by atoms with Crippen LogP contribution in [0.4, 0.5) is 0 Å². The van der Waals surface area contributed by atoms with E-state index in [9.17, 15) is 5.11 Å². The van der Waals surface area contributed by atoms with Crippen molar-refractivity contribution in [2.75, 3.05) is 26.2 Å². The van der Waals surface area contributed by atoms with E-state index >= 15 is 0 Å². The standard InChI is InChI=1S/C9H18N2O/c12-9-3-1-2-8(9)11-6-4-10-5-7-11/h8-10,12H,1-7H2/t8-,9-/m0/s1. The first-order valence-corrected chi connectivity index (χ1v) is 5.01. The number of nitrogens with zero attached hydrogens (tertiary/aromatic N) is 1. The zero-order valence-electron chi connectivity index (χ0n) is 7.50. The van der Waals surface area contributed by atoms with E-state index in [0.29, 0.717) is 6.04 Å². The molecule has 2 rings (SSSR count). The van der Waals surface area contributed by atoms with Crippen molar-refractivity contribution < 1.29 is 5.11 Å². The maximum absolute atomic E-state index is 9.68. The van der Waals surface area contributed by atoms with Crippen molar-refractivity contribution in [3.8, 4) is 0 Å². The first-order chi connectivity index (χ1) is 5.88. The Kier molecular flexibility index (Phi) is 2.63. The van der Waals surface area contributed by atoms with Gasteiger partial charge < -0.3 is 10.4 Å². The van der Waals surface area contributed by atoms with Gasteiger partial charge in [-0.2, -0.15) is 0 Å². The van der Waals surface area contributed by atoms with Crippen molar-refractivity contribution in [2.24, 2.45) is 0 Å². The van der Waals surface area contributed by atoms with Gasteiger partial charge in [0, 0.05) is 32.2 Å². The van der Waals surface area contributed by atoms with Crippen LogP contribution in [0, 0.1) is 0 Å². The molecule has 70 valence electrons. The van der Waals surface area contributed by atoms with Crippen LogP contribution in [0.15, 0.2) is 0 Å². The normalized spacial score (nSPS) is 38.8. The number of rotatable bonds is 1. The monoisotopic (exact) mass is 170 g/mol. The van der Waals surface area contributed by atoms with Crippen LogP contribution in [0.1, 0.15) is 19.3 Å². The predicted octanol–water partition coefficient (Wildman–Crippen LogP) is -0.195. The summed E-state index contributed by atoms with van der Waals surface area (Å²) < 4.78 is 0. The molecular weight excluding hydrogens is 152 g/mol. The second-order valence-electron chi connectivity index (χ2n) is 3.85. The molecule has 1 aliphatic carbocycles. The van der Waals surface area contributed by atoms with E-state index in [1.165, 1.54) is 12.8 Å². The Bertz CT molecular complexity index is 145. The Morgan fingerprint density at radius 1 is 1.17 bits per heavy atom. The van der Waals surface area contributed by atoms with Crippen LogP contribution in [0.3, 0.4) is 0 Å². The minimum Gasteiger partial charge on any atom is -0.391 e. The Morgan fingerprint density at radius 3 is 2.50 bits per heavy atom. The van der Waals surface area contributed by atoms with Crippen LogP contribution >= 0.6 is 0 Å². The molecule has 0 aromatic rings. The molecular formula is C9H18N2O. The van der Waals surface area contributed by atoms with Gasteiger partial charge in [-0.1, -0.05) is 0 Å². The number of nitrogens with one attached hydrogen (secondary N) is 1. The molecule has 1 saturated heterocycles. The zero-order valence-corrected chi connectivity index (χ0v) is 7.50. The molecule has 0 amide bonds. The molecule has 2 N–H and O–H groups in total. The van der Waals surface area contributed by atoms with Crippen LogP contribution in [0.25, 0.3) is 0 Å². The van der Waals surface area contributed by atoms with Gasteiger partial charge in [-0.3, -0.25) is 4.90 Å². The van der Waals surface area contributed by atoms with Gasteiger partial charge in [0.05, 0.1) is 6.10 Å². The molecule has 1 aliphatic heterocycles. The lowest BCUT2D eigenvalue weighted by Gasteiger charge is -2.34. The molecule has 2 fully saturated rings. The third kappa shape index (κ3) is 1.63. The number of piperazine rings is 1. The van der Waals surface area contributed by atoms with Crippen LogP contribution in [-0.2, 0) is 0 Å². The molecule has 2 atom stereocenters. The lowest BCUT2D eigenvalue weighted by molar-refractivity contribution is 0.0633. The van der Waals surface area contributed by atoms with Crippen LogP contribution in [0.5, 0.6) is 0 Å². The number of hydrogen-bond acceptors (Lipinski definition) is 3. The highest BCUT2D eigenvalue weighted by Crippen LogP contribution is 2.24. The molecule has 3 heteroatoms. The third-order valence-electron chi connectivity index (χ3n) is 3.06. The van der Waals surface area contributed by atoms with Gasteiger partial charge in [-0.25, -0.2) is 0 Å². The van der Waals surface area contributed by atoms with Crippen molar-refractivity contribution in [1.82, 2.24) is 10.2 Å². The molecule has 1 saturated carbocycles. The molecule has 2 aliphatic rings. The summed E-state index contributed by atoms with van der Waals surface area (Å²) in [4.78, 5) is 2.44. The highest BCUT2D eigenvalue weighted by Gasteiger charge is 2.30. The van der Waals surface area contributed by atoms with Gasteiger partial charge in [-0.05, 0) is 19.3 Å². The van der Waals surface area contributed by atoms with Crippen molar-refractivity contribution in [3.05, 3.63) is 0 Å². The van der Waals surface area contributed by atoms with E-state index in [4.69, 9.17) is 0 Å². The summed E-state index contributed by atoms with van der Waals surface area (Å²) in [6, 6.07) is 0.465. The average molecular weight is 170 g/mol. The fourth-order valence-corrected chi connectivity index (χ4v) is 2.36.